The molecule has 118 valence electrons. The highest BCUT2D eigenvalue weighted by Gasteiger charge is 2.37. The Bertz CT molecular complexity index is 270. The van der Waals surface area contributed by atoms with Gasteiger partial charge in [-0.15, -0.1) is 0 Å². The van der Waals surface area contributed by atoms with E-state index in [2.05, 4.69) is 19.2 Å². The quantitative estimate of drug-likeness (QED) is 0.635. The van der Waals surface area contributed by atoms with Crippen LogP contribution in [0.2, 0.25) is 0 Å². The van der Waals surface area contributed by atoms with Crippen molar-refractivity contribution >= 4 is 5.91 Å². The van der Waals surface area contributed by atoms with Gasteiger partial charge < -0.3 is 11.1 Å². The summed E-state index contributed by atoms with van der Waals surface area (Å²) < 4.78 is 0. The minimum absolute atomic E-state index is 0.210. The molecular formula is C17H34N2O. The van der Waals surface area contributed by atoms with E-state index in [4.69, 9.17) is 5.73 Å². The Morgan fingerprint density at radius 2 is 1.75 bits per heavy atom. The summed E-state index contributed by atoms with van der Waals surface area (Å²) in [6, 6.07) is 0. The van der Waals surface area contributed by atoms with Crippen LogP contribution in [0.15, 0.2) is 0 Å². The van der Waals surface area contributed by atoms with E-state index in [0.29, 0.717) is 6.54 Å². The molecule has 0 aromatic heterocycles. The van der Waals surface area contributed by atoms with Crippen molar-refractivity contribution in [3.8, 4) is 0 Å². The van der Waals surface area contributed by atoms with Gasteiger partial charge in [-0.25, -0.2) is 0 Å². The molecule has 0 aromatic carbocycles. The lowest BCUT2D eigenvalue weighted by molar-refractivity contribution is -0.132. The zero-order valence-corrected chi connectivity index (χ0v) is 13.5. The second-order valence-electron chi connectivity index (χ2n) is 6.90. The summed E-state index contributed by atoms with van der Waals surface area (Å²) in [4.78, 5) is 12.3. The number of nitrogens with one attached hydrogen (secondary N) is 1. The predicted molar refractivity (Wildman–Crippen MR) is 85.5 cm³/mol. The van der Waals surface area contributed by atoms with Crippen LogP contribution in [0.3, 0.4) is 0 Å². The van der Waals surface area contributed by atoms with Gasteiger partial charge in [0.15, 0.2) is 0 Å². The summed E-state index contributed by atoms with van der Waals surface area (Å²) >= 11 is 0. The zero-order chi connectivity index (χ0) is 14.8. The number of carbonyl (C=O) groups is 1. The lowest BCUT2D eigenvalue weighted by Gasteiger charge is -2.34. The van der Waals surface area contributed by atoms with Crippen molar-refractivity contribution < 1.29 is 4.79 Å². The van der Waals surface area contributed by atoms with Crippen molar-refractivity contribution in [2.24, 2.45) is 17.1 Å². The van der Waals surface area contributed by atoms with Crippen molar-refractivity contribution in [3.05, 3.63) is 0 Å². The third-order valence-corrected chi connectivity index (χ3v) is 4.68. The monoisotopic (exact) mass is 282 g/mol. The van der Waals surface area contributed by atoms with Crippen LogP contribution in [-0.4, -0.2) is 19.0 Å². The maximum absolute atomic E-state index is 12.3. The summed E-state index contributed by atoms with van der Waals surface area (Å²) in [5.74, 6) is 1.02. The number of rotatable bonds is 9. The summed E-state index contributed by atoms with van der Waals surface area (Å²) in [5.41, 5.74) is 5.62. The molecule has 0 heterocycles. The van der Waals surface area contributed by atoms with Crippen LogP contribution in [0.25, 0.3) is 0 Å². The highest BCUT2D eigenvalue weighted by molar-refractivity contribution is 5.82. The molecule has 3 N–H and O–H groups in total. The molecule has 1 fully saturated rings. The number of hydrogen-bond donors (Lipinski definition) is 2. The topological polar surface area (TPSA) is 55.1 Å². The third-order valence-electron chi connectivity index (χ3n) is 4.68. The van der Waals surface area contributed by atoms with Gasteiger partial charge >= 0.3 is 0 Å². The fraction of sp³-hybridized carbons (Fsp3) is 0.941. The van der Waals surface area contributed by atoms with Gasteiger partial charge in [0.05, 0.1) is 5.41 Å². The number of carbonyl (C=O) groups excluding carboxylic acids is 1. The molecule has 1 amide bonds. The lowest BCUT2D eigenvalue weighted by atomic mass is 9.73. The molecule has 3 nitrogen and oxygen atoms in total. The molecule has 1 aliphatic rings. The Morgan fingerprint density at radius 1 is 1.10 bits per heavy atom. The van der Waals surface area contributed by atoms with Crippen LogP contribution in [0.4, 0.5) is 0 Å². The van der Waals surface area contributed by atoms with Crippen molar-refractivity contribution in [2.75, 3.05) is 13.1 Å². The second kappa shape index (κ2) is 9.38. The molecule has 0 spiro atoms. The van der Waals surface area contributed by atoms with Gasteiger partial charge in [0, 0.05) is 13.1 Å². The van der Waals surface area contributed by atoms with E-state index >= 15 is 0 Å². The van der Waals surface area contributed by atoms with Crippen LogP contribution < -0.4 is 11.1 Å². The fourth-order valence-electron chi connectivity index (χ4n) is 3.17. The van der Waals surface area contributed by atoms with E-state index in [1.807, 2.05) is 0 Å². The Labute approximate surface area is 125 Å². The lowest BCUT2D eigenvalue weighted by Crippen LogP contribution is -2.47. The molecule has 0 unspecified atom stereocenters. The molecule has 0 saturated heterocycles. The standard InChI is InChI=1S/C17H34N2O/c1-15(2)10-6-3-4-9-13-19-16(20)17(14-18)11-7-5-8-12-17/h15H,3-14,18H2,1-2H3,(H,19,20). The van der Waals surface area contributed by atoms with Crippen molar-refractivity contribution in [1.29, 1.82) is 0 Å². The largest absolute Gasteiger partial charge is 0.356 e. The summed E-state index contributed by atoms with van der Waals surface area (Å²) in [7, 11) is 0. The van der Waals surface area contributed by atoms with Crippen molar-refractivity contribution in [3.63, 3.8) is 0 Å². The molecule has 3 heteroatoms. The summed E-state index contributed by atoms with van der Waals surface area (Å²) in [5, 5.41) is 3.12. The Balaban J connectivity index is 2.12. The van der Waals surface area contributed by atoms with Gasteiger partial charge in [-0.3, -0.25) is 4.79 Å². The average Bonchev–Trinajstić information content (AvgIpc) is 2.46. The van der Waals surface area contributed by atoms with E-state index in [0.717, 1.165) is 44.6 Å². The molecule has 20 heavy (non-hydrogen) atoms. The molecule has 0 aliphatic heterocycles. The molecule has 1 aliphatic carbocycles. The first kappa shape index (κ1) is 17.5. The SMILES string of the molecule is CC(C)CCCCCCNC(=O)C1(CN)CCCCC1. The Morgan fingerprint density at radius 3 is 2.35 bits per heavy atom. The minimum Gasteiger partial charge on any atom is -0.356 e. The van der Waals surface area contributed by atoms with E-state index in [9.17, 15) is 4.79 Å². The summed E-state index contributed by atoms with van der Waals surface area (Å²) in [6.45, 7) is 5.88. The average molecular weight is 282 g/mol. The van der Waals surface area contributed by atoms with Crippen LogP contribution in [-0.2, 0) is 4.79 Å². The first-order valence-corrected chi connectivity index (χ1v) is 8.59. The molecular weight excluding hydrogens is 248 g/mol. The van der Waals surface area contributed by atoms with Gasteiger partial charge in [0.1, 0.15) is 0 Å². The molecule has 1 rings (SSSR count). The van der Waals surface area contributed by atoms with Crippen LogP contribution >= 0.6 is 0 Å². The van der Waals surface area contributed by atoms with E-state index < -0.39 is 0 Å². The third kappa shape index (κ3) is 5.82. The predicted octanol–water partition coefficient (Wildman–Crippen LogP) is 3.62. The Kier molecular flexibility index (Phi) is 8.20. The van der Waals surface area contributed by atoms with Crippen molar-refractivity contribution in [2.45, 2.75) is 78.1 Å². The zero-order valence-electron chi connectivity index (χ0n) is 13.5. The number of nitrogens with two attached hydrogens (primary N) is 1. The maximum Gasteiger partial charge on any atom is 0.227 e. The van der Waals surface area contributed by atoms with Crippen molar-refractivity contribution in [1.82, 2.24) is 5.32 Å². The fourth-order valence-corrected chi connectivity index (χ4v) is 3.17. The van der Waals surface area contributed by atoms with E-state index in [1.165, 1.54) is 32.1 Å². The van der Waals surface area contributed by atoms with E-state index in [-0.39, 0.29) is 11.3 Å². The molecule has 0 bridgehead atoms. The Hall–Kier alpha value is -0.570. The minimum atomic E-state index is -0.254. The summed E-state index contributed by atoms with van der Waals surface area (Å²) in [6.07, 6.45) is 11.8. The molecule has 1 saturated carbocycles. The molecule has 0 atom stereocenters. The second-order valence-corrected chi connectivity index (χ2v) is 6.90. The molecule has 0 aromatic rings. The first-order chi connectivity index (χ1) is 9.60. The highest BCUT2D eigenvalue weighted by atomic mass is 16.2. The van der Waals surface area contributed by atoms with Gasteiger partial charge in [-0.05, 0) is 25.2 Å². The first-order valence-electron chi connectivity index (χ1n) is 8.59. The van der Waals surface area contributed by atoms with Gasteiger partial charge in [-0.1, -0.05) is 58.8 Å². The number of hydrogen-bond acceptors (Lipinski definition) is 2. The van der Waals surface area contributed by atoms with Crippen LogP contribution in [0.1, 0.15) is 78.1 Å². The molecule has 0 radical (unpaired) electrons. The van der Waals surface area contributed by atoms with Gasteiger partial charge in [0.25, 0.3) is 0 Å². The van der Waals surface area contributed by atoms with Crippen LogP contribution in [0, 0.1) is 11.3 Å². The highest BCUT2D eigenvalue weighted by Crippen LogP contribution is 2.35. The normalized spacial score (nSPS) is 18.2. The number of unbranched alkanes of at least 4 members (excludes halogenated alkanes) is 3. The smallest absolute Gasteiger partial charge is 0.227 e. The van der Waals surface area contributed by atoms with E-state index in [1.54, 1.807) is 0 Å². The van der Waals surface area contributed by atoms with Gasteiger partial charge in [-0.2, -0.15) is 0 Å². The van der Waals surface area contributed by atoms with Crippen LogP contribution in [0.5, 0.6) is 0 Å². The van der Waals surface area contributed by atoms with Gasteiger partial charge in [0.2, 0.25) is 5.91 Å². The number of amides is 1. The maximum atomic E-state index is 12.3.